The van der Waals surface area contributed by atoms with Crippen molar-refractivity contribution in [1.82, 2.24) is 0 Å². The summed E-state index contributed by atoms with van der Waals surface area (Å²) in [4.78, 5) is 2.55. The molecule has 0 radical (unpaired) electrons. The summed E-state index contributed by atoms with van der Waals surface area (Å²) in [5, 5.41) is 12.3. The Bertz CT molecular complexity index is 689. The van der Waals surface area contributed by atoms with E-state index in [1.807, 2.05) is 0 Å². The summed E-state index contributed by atoms with van der Waals surface area (Å²) in [6.07, 6.45) is 0. The molecule has 20 heavy (non-hydrogen) atoms. The van der Waals surface area contributed by atoms with Gasteiger partial charge in [-0.2, -0.15) is 0 Å². The molecule has 0 saturated heterocycles. The summed E-state index contributed by atoms with van der Waals surface area (Å²) in [7, 11) is 0. The van der Waals surface area contributed by atoms with Gasteiger partial charge in [0.1, 0.15) is 0 Å². The minimum Gasteiger partial charge on any atom is -0.369 e. The minimum absolute atomic E-state index is 0.338. The Morgan fingerprint density at radius 1 is 0.950 bits per heavy atom. The van der Waals surface area contributed by atoms with Crippen LogP contribution in [-0.4, -0.2) is 5.11 Å². The average molecular weight is 390 g/mol. The first-order valence-corrected chi connectivity index (χ1v) is 7.47. The Kier molecular flexibility index (Phi) is 5.01. The van der Waals surface area contributed by atoms with Gasteiger partial charge < -0.3 is 5.11 Å². The summed E-state index contributed by atoms with van der Waals surface area (Å²) < 4.78 is 0. The Morgan fingerprint density at radius 2 is 1.55 bits per heavy atom. The Balaban J connectivity index is 2.64. The van der Waals surface area contributed by atoms with E-state index in [9.17, 15) is 5.11 Å². The van der Waals surface area contributed by atoms with Crippen LogP contribution in [0.3, 0.4) is 0 Å². The molecule has 0 fully saturated rings. The number of halogens is 4. The third-order valence-corrected chi connectivity index (χ3v) is 3.81. The van der Waals surface area contributed by atoms with E-state index in [0.717, 1.165) is 0 Å². The zero-order chi connectivity index (χ0) is 14.8. The quantitative estimate of drug-likeness (QED) is 0.696. The van der Waals surface area contributed by atoms with Gasteiger partial charge in [-0.25, -0.2) is 0 Å². The highest BCUT2D eigenvalue weighted by atomic mass is 79.9. The molecular weight excluding hydrogens is 382 g/mol. The van der Waals surface area contributed by atoms with Crippen molar-refractivity contribution in [3.05, 3.63) is 68.7 Å². The summed E-state index contributed by atoms with van der Waals surface area (Å²) in [6.45, 7) is 0. The van der Waals surface area contributed by atoms with Crippen molar-refractivity contribution < 1.29 is 5.11 Å². The second-order valence-electron chi connectivity index (χ2n) is 4.06. The van der Waals surface area contributed by atoms with Crippen LogP contribution < -0.4 is 0 Å². The molecule has 0 spiro atoms. The van der Waals surface area contributed by atoms with Gasteiger partial charge in [-0.1, -0.05) is 53.0 Å². The first-order chi connectivity index (χ1) is 9.47. The molecule has 0 bridgehead atoms. The topological polar surface area (TPSA) is 20.2 Å². The number of aliphatic hydroxyl groups is 1. The van der Waals surface area contributed by atoms with E-state index in [1.165, 1.54) is 0 Å². The van der Waals surface area contributed by atoms with Gasteiger partial charge in [0.2, 0.25) is 0 Å². The molecule has 0 amide bonds. The predicted octanol–water partition coefficient (Wildman–Crippen LogP) is 5.24. The first-order valence-electron chi connectivity index (χ1n) is 5.54. The third kappa shape index (κ3) is 3.14. The van der Waals surface area contributed by atoms with Crippen LogP contribution in [-0.2, 0) is 5.60 Å². The van der Waals surface area contributed by atoms with Crippen LogP contribution in [0.1, 0.15) is 11.1 Å². The fourth-order valence-electron chi connectivity index (χ4n) is 1.84. The van der Waals surface area contributed by atoms with Crippen LogP contribution >= 0.6 is 50.7 Å². The van der Waals surface area contributed by atoms with Crippen LogP contribution in [0.5, 0.6) is 0 Å². The number of hydrogen-bond donors (Lipinski definition) is 1. The van der Waals surface area contributed by atoms with Gasteiger partial charge in [0.05, 0.1) is 0 Å². The van der Waals surface area contributed by atoms with E-state index >= 15 is 0 Å². The van der Waals surface area contributed by atoms with Crippen molar-refractivity contribution in [2.24, 2.45) is 0 Å². The highest BCUT2D eigenvalue weighted by Crippen LogP contribution is 2.35. The zero-order valence-corrected chi connectivity index (χ0v) is 13.9. The molecule has 5 heteroatoms. The van der Waals surface area contributed by atoms with E-state index in [0.29, 0.717) is 26.2 Å². The fraction of sp³-hybridized carbons (Fsp3) is 0.0667. The lowest BCUT2D eigenvalue weighted by atomic mass is 9.87. The van der Waals surface area contributed by atoms with Gasteiger partial charge in [0.25, 0.3) is 0 Å². The molecule has 1 atom stereocenters. The molecule has 2 aromatic carbocycles. The molecule has 0 heterocycles. The molecule has 1 nitrogen and oxygen atoms in total. The first kappa shape index (κ1) is 15.7. The molecule has 1 unspecified atom stereocenters. The van der Waals surface area contributed by atoms with Crippen LogP contribution in [0, 0.1) is 10.8 Å². The lowest BCUT2D eigenvalue weighted by Crippen LogP contribution is -2.25. The highest BCUT2D eigenvalue weighted by Gasteiger charge is 2.31. The van der Waals surface area contributed by atoms with E-state index < -0.39 is 5.60 Å². The lowest BCUT2D eigenvalue weighted by Gasteiger charge is -2.24. The third-order valence-electron chi connectivity index (χ3n) is 2.81. The van der Waals surface area contributed by atoms with Crippen molar-refractivity contribution in [2.45, 2.75) is 5.60 Å². The molecular formula is C15H8BrCl3O. The van der Waals surface area contributed by atoms with Gasteiger partial charge in [0.15, 0.2) is 5.60 Å². The summed E-state index contributed by atoms with van der Waals surface area (Å²) in [5.41, 5.74) is -0.522. The Hall–Kier alpha value is -0.690. The second kappa shape index (κ2) is 6.39. The second-order valence-corrected chi connectivity index (χ2v) is 5.74. The van der Waals surface area contributed by atoms with Crippen LogP contribution in [0.15, 0.2) is 42.5 Å². The normalized spacial score (nSPS) is 13.2. The molecule has 2 aromatic rings. The SMILES string of the molecule is OC(C#CBr)(c1ccc(Cl)cc1)c1ccc(Cl)cc1Cl. The molecule has 0 aliphatic rings. The van der Waals surface area contributed by atoms with E-state index in [2.05, 4.69) is 26.7 Å². The Labute approximate surface area is 140 Å². The van der Waals surface area contributed by atoms with E-state index in [1.54, 1.807) is 42.5 Å². The lowest BCUT2D eigenvalue weighted by molar-refractivity contribution is 0.145. The largest absolute Gasteiger partial charge is 0.369 e. The molecule has 0 aliphatic heterocycles. The smallest absolute Gasteiger partial charge is 0.179 e. The van der Waals surface area contributed by atoms with Crippen molar-refractivity contribution in [1.29, 1.82) is 0 Å². The summed E-state index contributed by atoms with van der Waals surface area (Å²) in [5.74, 6) is 2.72. The maximum absolute atomic E-state index is 10.9. The molecule has 2 rings (SSSR count). The van der Waals surface area contributed by atoms with E-state index in [4.69, 9.17) is 34.8 Å². The van der Waals surface area contributed by atoms with E-state index in [-0.39, 0.29) is 0 Å². The maximum atomic E-state index is 10.9. The van der Waals surface area contributed by atoms with Crippen LogP contribution in [0.4, 0.5) is 0 Å². The fourth-order valence-corrected chi connectivity index (χ4v) is 2.80. The molecule has 1 N–H and O–H groups in total. The van der Waals surface area contributed by atoms with Crippen molar-refractivity contribution in [3.63, 3.8) is 0 Å². The van der Waals surface area contributed by atoms with Crippen LogP contribution in [0.2, 0.25) is 15.1 Å². The van der Waals surface area contributed by atoms with Gasteiger partial charge >= 0.3 is 0 Å². The van der Waals surface area contributed by atoms with Crippen molar-refractivity contribution >= 4 is 50.7 Å². The van der Waals surface area contributed by atoms with Gasteiger partial charge in [-0.3, -0.25) is 0 Å². The monoisotopic (exact) mass is 388 g/mol. The maximum Gasteiger partial charge on any atom is 0.179 e. The standard InChI is InChI=1S/C15H8BrCl3O/c16-8-7-15(20,10-1-3-11(17)4-2-10)13-6-5-12(18)9-14(13)19/h1-6,9,20H. The van der Waals surface area contributed by atoms with Crippen LogP contribution in [0.25, 0.3) is 0 Å². The zero-order valence-electron chi connectivity index (χ0n) is 10.0. The molecule has 0 saturated carbocycles. The van der Waals surface area contributed by atoms with Gasteiger partial charge in [0, 0.05) is 42.1 Å². The molecule has 102 valence electrons. The summed E-state index contributed by atoms with van der Waals surface area (Å²) in [6, 6.07) is 11.6. The predicted molar refractivity (Wildman–Crippen MR) is 87.6 cm³/mol. The van der Waals surface area contributed by atoms with Crippen molar-refractivity contribution in [3.8, 4) is 10.8 Å². The minimum atomic E-state index is -1.55. The van der Waals surface area contributed by atoms with Gasteiger partial charge in [-0.15, -0.1) is 0 Å². The number of rotatable bonds is 2. The van der Waals surface area contributed by atoms with Gasteiger partial charge in [-0.05, 0) is 35.0 Å². The Morgan fingerprint density at radius 3 is 2.10 bits per heavy atom. The highest BCUT2D eigenvalue weighted by molar-refractivity contribution is 9.12. The summed E-state index contributed by atoms with van der Waals surface area (Å²) >= 11 is 20.9. The average Bonchev–Trinajstić information content (AvgIpc) is 2.39. The number of benzene rings is 2. The number of hydrogen-bond acceptors (Lipinski definition) is 1. The molecule has 0 aliphatic carbocycles. The molecule has 0 aromatic heterocycles. The van der Waals surface area contributed by atoms with Crippen molar-refractivity contribution in [2.75, 3.05) is 0 Å².